The van der Waals surface area contributed by atoms with Crippen LogP contribution in [-0.2, 0) is 13.6 Å². The van der Waals surface area contributed by atoms with E-state index in [1.54, 1.807) is 61.4 Å². The zero-order valence-electron chi connectivity index (χ0n) is 23.6. The number of aliphatic imine (C=N–C) groups is 1. The molecule has 1 amide bonds. The molecule has 0 aliphatic carbocycles. The van der Waals surface area contributed by atoms with Crippen LogP contribution >= 0.6 is 0 Å². The molecule has 12 heteroatoms. The van der Waals surface area contributed by atoms with Crippen molar-refractivity contribution in [2.24, 2.45) is 12.0 Å². The molecule has 5 rings (SSSR count). The van der Waals surface area contributed by atoms with Crippen LogP contribution in [0, 0.1) is 11.8 Å². The number of nitrogens with one attached hydrogen (secondary N) is 1. The number of nitrogens with two attached hydrogens (primary N) is 1. The molecule has 0 fully saturated rings. The fourth-order valence-electron chi connectivity index (χ4n) is 4.62. The number of para-hydroxylation sites is 1. The smallest absolute Gasteiger partial charge is 0.267 e. The van der Waals surface area contributed by atoms with E-state index < -0.39 is 11.9 Å². The lowest BCUT2D eigenvalue weighted by atomic mass is 10.1. The number of aliphatic hydroxyl groups excluding tert-OH is 1. The van der Waals surface area contributed by atoms with Crippen LogP contribution in [0.3, 0.4) is 0 Å². The highest BCUT2D eigenvalue weighted by Crippen LogP contribution is 2.26. The molecule has 1 unspecified atom stereocenters. The molecule has 0 saturated heterocycles. The summed E-state index contributed by atoms with van der Waals surface area (Å²) in [6, 6.07) is 13.6. The van der Waals surface area contributed by atoms with E-state index >= 15 is 0 Å². The Labute approximate surface area is 246 Å². The van der Waals surface area contributed by atoms with Crippen LogP contribution in [0.15, 0.2) is 83.4 Å². The van der Waals surface area contributed by atoms with Gasteiger partial charge in [0, 0.05) is 25.0 Å². The predicted molar refractivity (Wildman–Crippen MR) is 164 cm³/mol. The van der Waals surface area contributed by atoms with Crippen LogP contribution in [0.4, 0.5) is 11.6 Å². The molecule has 216 valence electrons. The zero-order valence-corrected chi connectivity index (χ0v) is 23.6. The molecule has 0 saturated carbocycles. The molecule has 43 heavy (non-hydrogen) atoms. The van der Waals surface area contributed by atoms with Gasteiger partial charge in [0.2, 0.25) is 0 Å². The Hall–Kier alpha value is -5.80. The number of allylic oxidation sites excluding steroid dienone is 1. The van der Waals surface area contributed by atoms with Gasteiger partial charge in [-0.1, -0.05) is 48.8 Å². The Morgan fingerprint density at radius 3 is 2.74 bits per heavy atom. The first-order chi connectivity index (χ1) is 20.8. The van der Waals surface area contributed by atoms with Crippen LogP contribution < -0.4 is 16.6 Å². The molecule has 3 aromatic heterocycles. The van der Waals surface area contributed by atoms with Gasteiger partial charge in [0.25, 0.3) is 11.5 Å². The summed E-state index contributed by atoms with van der Waals surface area (Å²) in [6.45, 7) is 5.67. The van der Waals surface area contributed by atoms with Gasteiger partial charge in [-0.25, -0.2) is 14.7 Å². The van der Waals surface area contributed by atoms with E-state index in [0.29, 0.717) is 40.1 Å². The van der Waals surface area contributed by atoms with Crippen LogP contribution in [0.2, 0.25) is 0 Å². The number of anilines is 1. The van der Waals surface area contributed by atoms with Gasteiger partial charge < -0.3 is 16.2 Å². The summed E-state index contributed by atoms with van der Waals surface area (Å²) in [4.78, 5) is 36.7. The summed E-state index contributed by atoms with van der Waals surface area (Å²) in [5, 5.41) is 20.7. The van der Waals surface area contributed by atoms with E-state index in [0.717, 1.165) is 0 Å². The molecule has 2 aromatic carbocycles. The minimum atomic E-state index is -0.729. The number of aromatic nitrogens is 6. The molecule has 5 aromatic rings. The highest BCUT2D eigenvalue weighted by molar-refractivity contribution is 6.03. The van der Waals surface area contributed by atoms with Crippen molar-refractivity contribution >= 4 is 34.7 Å². The van der Waals surface area contributed by atoms with Crippen LogP contribution in [-0.4, -0.2) is 52.9 Å². The summed E-state index contributed by atoms with van der Waals surface area (Å²) < 4.78 is 4.47. The maximum atomic E-state index is 14.2. The number of carbonyl (C=O) groups is 1. The molecule has 3 heterocycles. The van der Waals surface area contributed by atoms with Crippen molar-refractivity contribution in [3.05, 3.63) is 106 Å². The molecular formula is C31H29N9O3. The number of amides is 1. The Morgan fingerprint density at radius 2 is 2.00 bits per heavy atom. The second-order valence-electron chi connectivity index (χ2n) is 9.53. The molecule has 4 N–H and O–H groups in total. The number of rotatable bonds is 8. The first-order valence-electron chi connectivity index (χ1n) is 13.4. The standard InChI is InChI=1S/C31H29N9O3/c1-4-15-33-29-26(27(32)37-38(29)3)30(42)35-20(2)28-36-24-12-8-9-22(14-13-21-18-34-39(19-21)16-17-41)25(24)31(43)40(28)23-10-6-5-7-11-23/h4-12,15,18-20,41H,1,16-17H2,2-3H3,(H2,32,37)(H,35,42)/b33-15-. The number of aryl methyl sites for hydroxylation is 1. The van der Waals surface area contributed by atoms with Crippen molar-refractivity contribution in [1.82, 2.24) is 34.4 Å². The average Bonchev–Trinajstić information content (AvgIpc) is 3.57. The molecule has 0 bridgehead atoms. The lowest BCUT2D eigenvalue weighted by molar-refractivity contribution is 0.0939. The van der Waals surface area contributed by atoms with Gasteiger partial charge in [-0.3, -0.25) is 18.8 Å². The molecule has 12 nitrogen and oxygen atoms in total. The highest BCUT2D eigenvalue weighted by Gasteiger charge is 2.25. The van der Waals surface area contributed by atoms with Crippen LogP contribution in [0.5, 0.6) is 0 Å². The summed E-state index contributed by atoms with van der Waals surface area (Å²) in [5.41, 5.74) is 7.94. The topological polar surface area (TPSA) is 158 Å². The van der Waals surface area contributed by atoms with Gasteiger partial charge in [-0.05, 0) is 31.2 Å². The van der Waals surface area contributed by atoms with Gasteiger partial charge in [0.15, 0.2) is 11.6 Å². The number of fused-ring (bicyclic) bond motifs is 1. The minimum absolute atomic E-state index is 0.0143. The van der Waals surface area contributed by atoms with E-state index in [9.17, 15) is 9.59 Å². The molecular weight excluding hydrogens is 546 g/mol. The van der Waals surface area contributed by atoms with Gasteiger partial charge >= 0.3 is 0 Å². The number of nitrogens with zero attached hydrogens (tertiary/aromatic N) is 7. The van der Waals surface area contributed by atoms with E-state index in [-0.39, 0.29) is 29.4 Å². The fourth-order valence-corrected chi connectivity index (χ4v) is 4.62. The normalized spacial score (nSPS) is 11.8. The third kappa shape index (κ3) is 5.83. The molecule has 0 radical (unpaired) electrons. The molecule has 1 atom stereocenters. The van der Waals surface area contributed by atoms with E-state index in [2.05, 4.69) is 38.9 Å². The first kappa shape index (κ1) is 28.7. The summed E-state index contributed by atoms with van der Waals surface area (Å²) in [5.74, 6) is 6.19. The number of aliphatic hydroxyl groups is 1. The lowest BCUT2D eigenvalue weighted by Crippen LogP contribution is -2.33. The molecule has 0 aliphatic heterocycles. The zero-order chi connectivity index (χ0) is 30.5. The number of carbonyl (C=O) groups excluding carboxylic acids is 1. The van der Waals surface area contributed by atoms with Gasteiger partial charge in [0.1, 0.15) is 11.4 Å². The van der Waals surface area contributed by atoms with Crippen molar-refractivity contribution < 1.29 is 9.90 Å². The maximum Gasteiger partial charge on any atom is 0.267 e. The van der Waals surface area contributed by atoms with E-state index in [1.165, 1.54) is 21.5 Å². The van der Waals surface area contributed by atoms with Crippen LogP contribution in [0.1, 0.15) is 40.3 Å². The second kappa shape index (κ2) is 12.4. The number of hydrogen-bond acceptors (Lipinski definition) is 8. The quantitative estimate of drug-likeness (QED) is 0.190. The Morgan fingerprint density at radius 1 is 1.21 bits per heavy atom. The highest BCUT2D eigenvalue weighted by atomic mass is 16.3. The molecule has 0 aliphatic rings. The maximum absolute atomic E-state index is 14.2. The average molecular weight is 576 g/mol. The van der Waals surface area contributed by atoms with Crippen molar-refractivity contribution in [3.8, 4) is 17.5 Å². The minimum Gasteiger partial charge on any atom is -0.394 e. The summed E-state index contributed by atoms with van der Waals surface area (Å²) >= 11 is 0. The number of nitrogen functional groups attached to an aromatic ring is 1. The largest absolute Gasteiger partial charge is 0.394 e. The van der Waals surface area contributed by atoms with E-state index in [1.807, 2.05) is 18.2 Å². The van der Waals surface area contributed by atoms with Gasteiger partial charge in [0.05, 0.1) is 47.5 Å². The SMILES string of the molecule is C=C/C=N\c1c(C(=O)NC(C)c2nc3cccc(C#Cc4cnn(CCO)c4)c3c(=O)n2-c2ccccc2)c(N)nn1C. The third-order valence-corrected chi connectivity index (χ3v) is 6.55. The first-order valence-corrected chi connectivity index (χ1v) is 13.4. The Balaban J connectivity index is 1.61. The Kier molecular flexibility index (Phi) is 8.27. The summed E-state index contributed by atoms with van der Waals surface area (Å²) in [7, 11) is 1.63. The summed E-state index contributed by atoms with van der Waals surface area (Å²) in [6.07, 6.45) is 6.24. The van der Waals surface area contributed by atoms with Gasteiger partial charge in [-0.2, -0.15) is 10.2 Å². The van der Waals surface area contributed by atoms with Crippen molar-refractivity contribution in [2.75, 3.05) is 12.3 Å². The van der Waals surface area contributed by atoms with Crippen molar-refractivity contribution in [1.29, 1.82) is 0 Å². The van der Waals surface area contributed by atoms with Crippen LogP contribution in [0.25, 0.3) is 16.6 Å². The van der Waals surface area contributed by atoms with Crippen molar-refractivity contribution in [2.45, 2.75) is 19.5 Å². The van der Waals surface area contributed by atoms with Gasteiger partial charge in [-0.15, -0.1) is 0 Å². The molecule has 0 spiro atoms. The number of benzene rings is 2. The predicted octanol–water partition coefficient (Wildman–Crippen LogP) is 2.67. The van der Waals surface area contributed by atoms with Crippen molar-refractivity contribution in [3.63, 3.8) is 0 Å². The fraction of sp³-hybridized carbons (Fsp3) is 0.161. The lowest BCUT2D eigenvalue weighted by Gasteiger charge is -2.20. The Bertz CT molecular complexity index is 1970. The van der Waals surface area contributed by atoms with E-state index in [4.69, 9.17) is 15.8 Å². The third-order valence-electron chi connectivity index (χ3n) is 6.55. The second-order valence-corrected chi connectivity index (χ2v) is 9.53. The number of hydrogen-bond donors (Lipinski definition) is 3. The monoisotopic (exact) mass is 575 g/mol.